The van der Waals surface area contributed by atoms with Gasteiger partial charge in [-0.3, -0.25) is 0 Å². The van der Waals surface area contributed by atoms with E-state index in [0.717, 1.165) is 24.7 Å². The van der Waals surface area contributed by atoms with E-state index in [0.29, 0.717) is 24.3 Å². The van der Waals surface area contributed by atoms with Crippen LogP contribution in [0.1, 0.15) is 7.43 Å². The average molecular weight is 413 g/mol. The highest BCUT2D eigenvalue weighted by Gasteiger charge is 2.23. The van der Waals surface area contributed by atoms with Crippen molar-refractivity contribution in [2.24, 2.45) is 0 Å². The van der Waals surface area contributed by atoms with Crippen LogP contribution in [-0.2, 0) is 9.47 Å². The third kappa shape index (κ3) is 9.17. The van der Waals surface area contributed by atoms with Crippen LogP contribution in [0, 0.1) is 0 Å². The number of epoxide rings is 2. The third-order valence-electron chi connectivity index (χ3n) is 3.56. The number of hydrogen-bond acceptors (Lipinski definition) is 6. The fourth-order valence-electron chi connectivity index (χ4n) is 1.87. The van der Waals surface area contributed by atoms with E-state index in [2.05, 4.69) is 0 Å². The maximum Gasteiger partial charge on any atom is 0.161 e. The Hall–Kier alpha value is -2.15. The lowest BCUT2D eigenvalue weighted by Crippen LogP contribution is -2.04. The number of halogens is 1. The molecular formula is C21H29ClO6. The van der Waals surface area contributed by atoms with Crippen LogP contribution in [0.15, 0.2) is 48.5 Å². The molecule has 156 valence electrons. The van der Waals surface area contributed by atoms with Gasteiger partial charge < -0.3 is 28.8 Å². The molecule has 2 heterocycles. The summed E-state index contributed by atoms with van der Waals surface area (Å²) in [7, 11) is 3.16. The summed E-state index contributed by atoms with van der Waals surface area (Å²) in [5, 5.41) is 8.99. The second-order valence-corrected chi connectivity index (χ2v) is 6.01. The Morgan fingerprint density at radius 2 is 1.39 bits per heavy atom. The summed E-state index contributed by atoms with van der Waals surface area (Å²) in [4.78, 5) is 0. The van der Waals surface area contributed by atoms with E-state index in [1.807, 2.05) is 24.3 Å². The molecule has 0 radical (unpaired) electrons. The smallest absolute Gasteiger partial charge is 0.161 e. The van der Waals surface area contributed by atoms with Crippen LogP contribution in [-0.4, -0.2) is 57.2 Å². The molecule has 2 aromatic rings. The van der Waals surface area contributed by atoms with Crippen molar-refractivity contribution >= 4 is 11.6 Å². The second kappa shape index (κ2) is 13.1. The lowest BCUT2D eigenvalue weighted by atomic mass is 10.3. The number of phenols is 1. The summed E-state index contributed by atoms with van der Waals surface area (Å²) in [5.41, 5.74) is 0. The minimum Gasteiger partial charge on any atom is -0.504 e. The first kappa shape index (κ1) is 23.9. The Morgan fingerprint density at radius 1 is 0.893 bits per heavy atom. The fraction of sp³-hybridized carbons (Fsp3) is 0.429. The molecule has 0 aromatic heterocycles. The summed E-state index contributed by atoms with van der Waals surface area (Å²) >= 11 is 5.27. The van der Waals surface area contributed by atoms with Crippen molar-refractivity contribution in [1.82, 2.24) is 0 Å². The van der Waals surface area contributed by atoms with Gasteiger partial charge in [0.05, 0.1) is 39.4 Å². The molecule has 2 atom stereocenters. The van der Waals surface area contributed by atoms with Crippen LogP contribution < -0.4 is 14.2 Å². The number of para-hydroxylation sites is 4. The van der Waals surface area contributed by atoms with Gasteiger partial charge in [0.15, 0.2) is 23.0 Å². The van der Waals surface area contributed by atoms with E-state index in [9.17, 15) is 0 Å². The van der Waals surface area contributed by atoms with Gasteiger partial charge in [-0.05, 0) is 24.3 Å². The predicted octanol–water partition coefficient (Wildman–Crippen LogP) is 4.13. The second-order valence-electron chi connectivity index (χ2n) is 5.70. The van der Waals surface area contributed by atoms with Crippen LogP contribution in [0.2, 0.25) is 0 Å². The quantitative estimate of drug-likeness (QED) is 0.568. The molecule has 2 unspecified atom stereocenters. The molecule has 0 spiro atoms. The number of aromatic hydroxyl groups is 1. The first-order valence-electron chi connectivity index (χ1n) is 8.54. The zero-order valence-corrected chi connectivity index (χ0v) is 16.2. The lowest BCUT2D eigenvalue weighted by Gasteiger charge is -2.08. The van der Waals surface area contributed by atoms with Gasteiger partial charge in [0.1, 0.15) is 12.7 Å². The van der Waals surface area contributed by atoms with Gasteiger partial charge in [-0.15, -0.1) is 11.6 Å². The van der Waals surface area contributed by atoms with Crippen molar-refractivity contribution in [3.63, 3.8) is 0 Å². The van der Waals surface area contributed by atoms with Gasteiger partial charge in [-0.25, -0.2) is 0 Å². The maximum atomic E-state index is 8.99. The summed E-state index contributed by atoms with van der Waals surface area (Å²) in [6, 6.07) is 14.4. The normalized spacial score (nSPS) is 18.1. The molecule has 4 rings (SSSR count). The SMILES string of the molecule is C.COc1ccccc1O.COc1ccccc1OCC1CO1.ClCC1CO1. The molecule has 0 saturated carbocycles. The molecule has 0 bridgehead atoms. The van der Waals surface area contributed by atoms with Crippen molar-refractivity contribution in [3.05, 3.63) is 48.5 Å². The minimum absolute atomic E-state index is 0. The molecule has 2 saturated heterocycles. The Balaban J connectivity index is 0.000000227. The van der Waals surface area contributed by atoms with Crippen molar-refractivity contribution in [1.29, 1.82) is 0 Å². The Kier molecular flexibility index (Phi) is 11.2. The summed E-state index contributed by atoms with van der Waals surface area (Å²) in [6.07, 6.45) is 0.682. The third-order valence-corrected chi connectivity index (χ3v) is 3.90. The first-order chi connectivity index (χ1) is 13.2. The topological polar surface area (TPSA) is 73.0 Å². The van der Waals surface area contributed by atoms with Crippen molar-refractivity contribution in [3.8, 4) is 23.0 Å². The van der Waals surface area contributed by atoms with Crippen molar-refractivity contribution in [2.75, 3.05) is 39.9 Å². The number of benzene rings is 2. The molecule has 2 aliphatic heterocycles. The summed E-state index contributed by atoms with van der Waals surface area (Å²) < 4.78 is 25.2. The molecule has 6 nitrogen and oxygen atoms in total. The molecule has 2 aromatic carbocycles. The minimum atomic E-state index is 0. The van der Waals surface area contributed by atoms with E-state index < -0.39 is 0 Å². The van der Waals surface area contributed by atoms with Gasteiger partial charge in [0.2, 0.25) is 0 Å². The van der Waals surface area contributed by atoms with Crippen molar-refractivity contribution < 1.29 is 28.8 Å². The zero-order chi connectivity index (χ0) is 19.5. The van der Waals surface area contributed by atoms with Crippen LogP contribution >= 0.6 is 11.6 Å². The molecule has 28 heavy (non-hydrogen) atoms. The van der Waals surface area contributed by atoms with Crippen LogP contribution in [0.25, 0.3) is 0 Å². The predicted molar refractivity (Wildman–Crippen MR) is 110 cm³/mol. The number of phenolic OH excluding ortho intramolecular Hbond substituents is 1. The zero-order valence-electron chi connectivity index (χ0n) is 15.5. The average Bonchev–Trinajstić information content (AvgIpc) is 3.62. The molecule has 0 aliphatic carbocycles. The highest BCUT2D eigenvalue weighted by atomic mass is 35.5. The summed E-state index contributed by atoms with van der Waals surface area (Å²) in [6.45, 7) is 2.30. The fourth-order valence-corrected chi connectivity index (χ4v) is 2.05. The molecule has 7 heteroatoms. The first-order valence-corrected chi connectivity index (χ1v) is 9.08. The molecule has 2 fully saturated rings. The molecule has 1 N–H and O–H groups in total. The van der Waals surface area contributed by atoms with Gasteiger partial charge >= 0.3 is 0 Å². The number of rotatable bonds is 6. The number of methoxy groups -OCH3 is 2. The van der Waals surface area contributed by atoms with Gasteiger partial charge in [-0.1, -0.05) is 31.7 Å². The molecule has 0 amide bonds. The Bertz CT molecular complexity index is 673. The van der Waals surface area contributed by atoms with Crippen LogP contribution in [0.3, 0.4) is 0 Å². The Morgan fingerprint density at radius 3 is 1.79 bits per heavy atom. The molecular weight excluding hydrogens is 384 g/mol. The molecule has 2 aliphatic rings. The van der Waals surface area contributed by atoms with Gasteiger partial charge in [0, 0.05) is 0 Å². The maximum absolute atomic E-state index is 8.99. The highest BCUT2D eigenvalue weighted by molar-refractivity contribution is 6.18. The van der Waals surface area contributed by atoms with E-state index in [1.54, 1.807) is 31.4 Å². The number of alkyl halides is 1. The standard InChI is InChI=1S/C10H12O3.C7H8O2.C3H5ClO.CH4/c1-11-9-4-2-3-5-10(9)13-7-8-6-12-8;1-9-7-5-3-2-4-6(7)8;4-1-3-2-5-3;/h2-5,8H,6-7H2,1H3;2-5,8H,1H3;3H,1-2H2;1H4. The van der Waals surface area contributed by atoms with E-state index in [4.69, 9.17) is 40.4 Å². The van der Waals surface area contributed by atoms with E-state index in [1.165, 1.54) is 7.11 Å². The monoisotopic (exact) mass is 412 g/mol. The van der Waals surface area contributed by atoms with Gasteiger partial charge in [-0.2, -0.15) is 0 Å². The Labute approximate surface area is 171 Å². The lowest BCUT2D eigenvalue weighted by molar-refractivity contribution is 0.252. The van der Waals surface area contributed by atoms with Crippen LogP contribution in [0.4, 0.5) is 0 Å². The van der Waals surface area contributed by atoms with Gasteiger partial charge in [0.25, 0.3) is 0 Å². The van der Waals surface area contributed by atoms with Crippen LogP contribution in [0.5, 0.6) is 23.0 Å². The number of ether oxygens (including phenoxy) is 5. The van der Waals surface area contributed by atoms with Crippen molar-refractivity contribution in [2.45, 2.75) is 19.6 Å². The van der Waals surface area contributed by atoms with E-state index in [-0.39, 0.29) is 19.3 Å². The number of hydrogen-bond donors (Lipinski definition) is 1. The highest BCUT2D eigenvalue weighted by Crippen LogP contribution is 2.26. The summed E-state index contributed by atoms with van der Waals surface area (Å²) in [5.74, 6) is 2.90. The van der Waals surface area contributed by atoms with E-state index >= 15 is 0 Å². The largest absolute Gasteiger partial charge is 0.504 e.